The summed E-state index contributed by atoms with van der Waals surface area (Å²) in [6.07, 6.45) is 1.12. The topological polar surface area (TPSA) is 45.2 Å². The molecule has 0 bridgehead atoms. The van der Waals surface area contributed by atoms with Gasteiger partial charge in [0.15, 0.2) is 0 Å². The summed E-state index contributed by atoms with van der Waals surface area (Å²) in [7, 11) is 0. The van der Waals surface area contributed by atoms with E-state index < -0.39 is 0 Å². The number of β-amino-alcohol motifs (C(OH)–C–C–N with tert-alkyl or cyclic N) is 1. The molecule has 0 saturated carbocycles. The molecule has 0 aromatic rings. The first kappa shape index (κ1) is 13.2. The van der Waals surface area contributed by atoms with E-state index in [0.717, 1.165) is 65.6 Å². The van der Waals surface area contributed by atoms with E-state index in [1.807, 2.05) is 0 Å². The summed E-state index contributed by atoms with van der Waals surface area (Å²) in [6.45, 7) is 8.52. The molecular weight excluding hydrogens is 220 g/mol. The SMILES string of the molecule is OCCN1CCOCC1CCN1CCOCC1. The van der Waals surface area contributed by atoms with Crippen LogP contribution in [0.5, 0.6) is 0 Å². The van der Waals surface area contributed by atoms with Crippen LogP contribution in [0.25, 0.3) is 0 Å². The van der Waals surface area contributed by atoms with Crippen LogP contribution in [0.4, 0.5) is 0 Å². The van der Waals surface area contributed by atoms with Crippen LogP contribution < -0.4 is 0 Å². The van der Waals surface area contributed by atoms with Gasteiger partial charge in [0.25, 0.3) is 0 Å². The molecule has 1 atom stereocenters. The minimum atomic E-state index is 0.244. The van der Waals surface area contributed by atoms with Crippen LogP contribution >= 0.6 is 0 Å². The van der Waals surface area contributed by atoms with Gasteiger partial charge in [0.05, 0.1) is 33.0 Å². The van der Waals surface area contributed by atoms with E-state index in [-0.39, 0.29) is 6.61 Å². The molecule has 0 radical (unpaired) electrons. The Morgan fingerprint density at radius 1 is 1.00 bits per heavy atom. The Bertz CT molecular complexity index is 208. The van der Waals surface area contributed by atoms with Gasteiger partial charge >= 0.3 is 0 Å². The van der Waals surface area contributed by atoms with E-state index in [2.05, 4.69) is 9.80 Å². The van der Waals surface area contributed by atoms with Gasteiger partial charge in [-0.2, -0.15) is 0 Å². The Kier molecular flexibility index (Phi) is 5.67. The Labute approximate surface area is 103 Å². The molecule has 0 spiro atoms. The number of hydrogen-bond acceptors (Lipinski definition) is 5. The normalized spacial score (nSPS) is 28.4. The van der Waals surface area contributed by atoms with Gasteiger partial charge in [-0.15, -0.1) is 0 Å². The fraction of sp³-hybridized carbons (Fsp3) is 1.00. The van der Waals surface area contributed by atoms with E-state index in [0.29, 0.717) is 6.04 Å². The van der Waals surface area contributed by atoms with Gasteiger partial charge in [0.2, 0.25) is 0 Å². The highest BCUT2D eigenvalue weighted by atomic mass is 16.5. The van der Waals surface area contributed by atoms with Crippen molar-refractivity contribution in [2.24, 2.45) is 0 Å². The number of morpholine rings is 2. The maximum absolute atomic E-state index is 9.04. The molecule has 2 aliphatic heterocycles. The molecule has 2 fully saturated rings. The van der Waals surface area contributed by atoms with Crippen LogP contribution in [0.3, 0.4) is 0 Å². The highest BCUT2D eigenvalue weighted by molar-refractivity contribution is 4.77. The zero-order valence-electron chi connectivity index (χ0n) is 10.5. The predicted molar refractivity (Wildman–Crippen MR) is 65.1 cm³/mol. The first-order valence-electron chi connectivity index (χ1n) is 6.63. The molecule has 5 nitrogen and oxygen atoms in total. The number of aliphatic hydroxyl groups excluding tert-OH is 1. The molecule has 1 N–H and O–H groups in total. The Morgan fingerprint density at radius 3 is 2.53 bits per heavy atom. The Hall–Kier alpha value is -0.200. The number of ether oxygens (including phenoxy) is 2. The highest BCUT2D eigenvalue weighted by Crippen LogP contribution is 2.11. The second kappa shape index (κ2) is 7.28. The van der Waals surface area contributed by atoms with Crippen molar-refractivity contribution in [1.82, 2.24) is 9.80 Å². The van der Waals surface area contributed by atoms with Crippen molar-refractivity contribution >= 4 is 0 Å². The van der Waals surface area contributed by atoms with Crippen LogP contribution in [0.2, 0.25) is 0 Å². The predicted octanol–water partition coefficient (Wildman–Crippen LogP) is -0.598. The monoisotopic (exact) mass is 244 g/mol. The summed E-state index contributed by atoms with van der Waals surface area (Å²) < 4.78 is 10.9. The zero-order valence-corrected chi connectivity index (χ0v) is 10.5. The molecule has 0 amide bonds. The summed E-state index contributed by atoms with van der Waals surface area (Å²) in [5.74, 6) is 0. The molecule has 2 aliphatic rings. The first-order chi connectivity index (χ1) is 8.40. The summed E-state index contributed by atoms with van der Waals surface area (Å²) in [5, 5.41) is 9.04. The van der Waals surface area contributed by atoms with Crippen molar-refractivity contribution < 1.29 is 14.6 Å². The van der Waals surface area contributed by atoms with E-state index >= 15 is 0 Å². The number of nitrogens with zero attached hydrogens (tertiary/aromatic N) is 2. The second-order valence-corrected chi connectivity index (χ2v) is 4.73. The Balaban J connectivity index is 1.71. The number of rotatable bonds is 5. The lowest BCUT2D eigenvalue weighted by molar-refractivity contribution is -0.0241. The third-order valence-electron chi connectivity index (χ3n) is 3.62. The summed E-state index contributed by atoms with van der Waals surface area (Å²) in [6, 6.07) is 0.471. The van der Waals surface area contributed by atoms with Crippen molar-refractivity contribution in [1.29, 1.82) is 0 Å². The van der Waals surface area contributed by atoms with Gasteiger partial charge in [0.1, 0.15) is 0 Å². The quantitative estimate of drug-likeness (QED) is 0.700. The molecular formula is C12H24N2O3. The third kappa shape index (κ3) is 4.19. The molecule has 0 aromatic carbocycles. The Morgan fingerprint density at radius 2 is 1.76 bits per heavy atom. The molecule has 2 rings (SSSR count). The van der Waals surface area contributed by atoms with Crippen molar-refractivity contribution in [3.8, 4) is 0 Å². The van der Waals surface area contributed by atoms with Crippen LogP contribution in [0.1, 0.15) is 6.42 Å². The van der Waals surface area contributed by atoms with Gasteiger partial charge in [0, 0.05) is 32.2 Å². The second-order valence-electron chi connectivity index (χ2n) is 4.73. The van der Waals surface area contributed by atoms with E-state index in [4.69, 9.17) is 14.6 Å². The van der Waals surface area contributed by atoms with Crippen molar-refractivity contribution in [2.45, 2.75) is 12.5 Å². The average Bonchev–Trinajstić information content (AvgIpc) is 2.39. The molecule has 0 aromatic heterocycles. The van der Waals surface area contributed by atoms with Crippen molar-refractivity contribution in [3.05, 3.63) is 0 Å². The fourth-order valence-corrected chi connectivity index (χ4v) is 2.53. The van der Waals surface area contributed by atoms with Crippen LogP contribution in [-0.4, -0.2) is 86.7 Å². The standard InChI is InChI=1S/C12H24N2O3/c15-7-3-14-6-10-17-11-12(14)1-2-13-4-8-16-9-5-13/h12,15H,1-11H2. The van der Waals surface area contributed by atoms with Gasteiger partial charge in [-0.3, -0.25) is 9.80 Å². The molecule has 17 heavy (non-hydrogen) atoms. The van der Waals surface area contributed by atoms with E-state index in [9.17, 15) is 0 Å². The lowest BCUT2D eigenvalue weighted by atomic mass is 10.1. The van der Waals surface area contributed by atoms with E-state index in [1.54, 1.807) is 0 Å². The van der Waals surface area contributed by atoms with Gasteiger partial charge < -0.3 is 14.6 Å². The van der Waals surface area contributed by atoms with Crippen molar-refractivity contribution in [2.75, 3.05) is 65.8 Å². The van der Waals surface area contributed by atoms with Gasteiger partial charge in [-0.1, -0.05) is 0 Å². The largest absolute Gasteiger partial charge is 0.395 e. The van der Waals surface area contributed by atoms with Gasteiger partial charge in [-0.25, -0.2) is 0 Å². The maximum Gasteiger partial charge on any atom is 0.0623 e. The number of hydrogen-bond donors (Lipinski definition) is 1. The summed E-state index contributed by atoms with van der Waals surface area (Å²) >= 11 is 0. The van der Waals surface area contributed by atoms with Gasteiger partial charge in [-0.05, 0) is 13.0 Å². The number of aliphatic hydroxyl groups is 1. The lowest BCUT2D eigenvalue weighted by Gasteiger charge is -2.36. The molecule has 0 aliphatic carbocycles. The summed E-state index contributed by atoms with van der Waals surface area (Å²) in [4.78, 5) is 4.80. The zero-order chi connectivity index (χ0) is 11.9. The lowest BCUT2D eigenvalue weighted by Crippen LogP contribution is -2.48. The third-order valence-corrected chi connectivity index (χ3v) is 3.62. The van der Waals surface area contributed by atoms with Crippen LogP contribution in [-0.2, 0) is 9.47 Å². The molecule has 2 saturated heterocycles. The molecule has 2 heterocycles. The highest BCUT2D eigenvalue weighted by Gasteiger charge is 2.23. The van der Waals surface area contributed by atoms with Crippen molar-refractivity contribution in [3.63, 3.8) is 0 Å². The maximum atomic E-state index is 9.04. The van der Waals surface area contributed by atoms with E-state index in [1.165, 1.54) is 0 Å². The molecule has 1 unspecified atom stereocenters. The van der Waals surface area contributed by atoms with Crippen LogP contribution in [0.15, 0.2) is 0 Å². The molecule has 100 valence electrons. The minimum absolute atomic E-state index is 0.244. The average molecular weight is 244 g/mol. The minimum Gasteiger partial charge on any atom is -0.395 e. The fourth-order valence-electron chi connectivity index (χ4n) is 2.53. The summed E-state index contributed by atoms with van der Waals surface area (Å²) in [5.41, 5.74) is 0. The first-order valence-corrected chi connectivity index (χ1v) is 6.63. The van der Waals surface area contributed by atoms with Crippen LogP contribution in [0, 0.1) is 0 Å². The smallest absolute Gasteiger partial charge is 0.0623 e. The molecule has 5 heteroatoms.